The van der Waals surface area contributed by atoms with Crippen LogP contribution in [-0.2, 0) is 4.79 Å². The van der Waals surface area contributed by atoms with Gasteiger partial charge in [-0.05, 0) is 49.7 Å². The number of nitrogens with one attached hydrogen (secondary N) is 2. The van der Waals surface area contributed by atoms with Gasteiger partial charge >= 0.3 is 0 Å². The number of anilines is 2. The lowest BCUT2D eigenvalue weighted by atomic mass is 9.85. The van der Waals surface area contributed by atoms with E-state index in [-0.39, 0.29) is 11.8 Å². The van der Waals surface area contributed by atoms with Gasteiger partial charge in [0.2, 0.25) is 5.91 Å². The largest absolute Gasteiger partial charge is 0.377 e. The predicted octanol–water partition coefficient (Wildman–Crippen LogP) is 5.58. The van der Waals surface area contributed by atoms with Crippen molar-refractivity contribution in [2.75, 3.05) is 30.9 Å². The number of hydrogen-bond acceptors (Lipinski definition) is 4. The van der Waals surface area contributed by atoms with Crippen LogP contribution < -0.4 is 15.5 Å². The zero-order chi connectivity index (χ0) is 23.2. The Labute approximate surface area is 197 Å². The quantitative estimate of drug-likeness (QED) is 0.476. The third-order valence-electron chi connectivity index (χ3n) is 6.87. The molecule has 0 bridgehead atoms. The van der Waals surface area contributed by atoms with Crippen molar-refractivity contribution in [3.05, 3.63) is 66.2 Å². The summed E-state index contributed by atoms with van der Waals surface area (Å²) in [5.41, 5.74) is 3.31. The molecule has 1 heterocycles. The zero-order valence-corrected chi connectivity index (χ0v) is 20.1. The van der Waals surface area contributed by atoms with Crippen molar-refractivity contribution < 1.29 is 4.79 Å². The van der Waals surface area contributed by atoms with Gasteiger partial charge in [-0.15, -0.1) is 0 Å². The molecule has 2 aromatic carbocycles. The van der Waals surface area contributed by atoms with Crippen LogP contribution in [0.1, 0.15) is 50.5 Å². The number of nitrogens with zero attached hydrogens (tertiary/aromatic N) is 2. The van der Waals surface area contributed by atoms with Crippen molar-refractivity contribution in [3.8, 4) is 0 Å². The number of hydrogen-bond donors (Lipinski definition) is 2. The number of amides is 1. The number of benzene rings is 2. The topological polar surface area (TPSA) is 57.3 Å². The van der Waals surface area contributed by atoms with E-state index in [2.05, 4.69) is 60.8 Å². The number of carbonyl (C=O) groups is 1. The lowest BCUT2D eigenvalue weighted by Crippen LogP contribution is -2.36. The number of pyridine rings is 1. The number of carbonyl (C=O) groups excluding carboxylic acids is 1. The summed E-state index contributed by atoms with van der Waals surface area (Å²) in [6.45, 7) is 2.85. The first-order valence-electron chi connectivity index (χ1n) is 12.2. The molecule has 0 aliphatic heterocycles. The molecular weight excluding hydrogens is 408 g/mol. The van der Waals surface area contributed by atoms with Crippen LogP contribution in [0.15, 0.2) is 60.7 Å². The molecule has 1 aromatic heterocycles. The first-order chi connectivity index (χ1) is 16.0. The Bertz CT molecular complexity index is 1060. The smallest absolute Gasteiger partial charge is 0.227 e. The summed E-state index contributed by atoms with van der Waals surface area (Å²) in [6.07, 6.45) is 5.26. The van der Waals surface area contributed by atoms with Crippen molar-refractivity contribution in [2.24, 2.45) is 5.92 Å². The molecule has 5 nitrogen and oxygen atoms in total. The van der Waals surface area contributed by atoms with Gasteiger partial charge in [-0.2, -0.15) is 0 Å². The van der Waals surface area contributed by atoms with Crippen LogP contribution in [0.4, 0.5) is 11.5 Å². The van der Waals surface area contributed by atoms with Crippen LogP contribution >= 0.6 is 0 Å². The second-order valence-electron chi connectivity index (χ2n) is 9.42. The Hall–Kier alpha value is -3.08. The van der Waals surface area contributed by atoms with Crippen LogP contribution in [0.5, 0.6) is 0 Å². The molecule has 4 rings (SSSR count). The normalized spacial score (nSPS) is 19.1. The maximum absolute atomic E-state index is 12.8. The molecule has 1 atom stereocenters. The fraction of sp³-hybridized carbons (Fsp3) is 0.429. The molecule has 1 fully saturated rings. The third kappa shape index (κ3) is 5.65. The van der Waals surface area contributed by atoms with Crippen molar-refractivity contribution in [1.29, 1.82) is 0 Å². The molecule has 174 valence electrons. The average Bonchev–Trinajstić information content (AvgIpc) is 2.84. The van der Waals surface area contributed by atoms with Gasteiger partial charge in [-0.3, -0.25) is 4.79 Å². The van der Waals surface area contributed by atoms with E-state index in [1.165, 1.54) is 11.1 Å². The van der Waals surface area contributed by atoms with E-state index in [4.69, 9.17) is 4.98 Å². The third-order valence-corrected chi connectivity index (χ3v) is 6.87. The van der Waals surface area contributed by atoms with E-state index < -0.39 is 0 Å². The molecule has 1 unspecified atom stereocenters. The molecule has 0 spiro atoms. The highest BCUT2D eigenvalue weighted by atomic mass is 16.1. The number of fused-ring (bicyclic) bond motifs is 1. The minimum Gasteiger partial charge on any atom is -0.377 e. The second kappa shape index (κ2) is 10.7. The van der Waals surface area contributed by atoms with Gasteiger partial charge in [0.1, 0.15) is 5.82 Å². The SMILES string of the molecule is CCC(C(=O)NCC1CCC(Nc2cc(N(C)C)c3ccccc3n2)CC1)c1ccccc1. The maximum Gasteiger partial charge on any atom is 0.227 e. The summed E-state index contributed by atoms with van der Waals surface area (Å²) < 4.78 is 0. The molecule has 1 amide bonds. The molecule has 1 aliphatic carbocycles. The fourth-order valence-electron chi connectivity index (χ4n) is 4.95. The van der Waals surface area contributed by atoms with E-state index in [0.717, 1.165) is 55.5 Å². The van der Waals surface area contributed by atoms with Crippen molar-refractivity contribution in [2.45, 2.75) is 51.0 Å². The standard InChI is InChI=1S/C28H36N4O/c1-4-23(21-10-6-5-7-11-21)28(33)29-19-20-14-16-22(17-15-20)30-27-18-26(32(2)3)24-12-8-9-13-25(24)31-27/h5-13,18,20,22-23H,4,14-17,19H2,1-3H3,(H,29,33)(H,30,31). The van der Waals surface area contributed by atoms with Gasteiger partial charge in [0.15, 0.2) is 0 Å². The zero-order valence-electron chi connectivity index (χ0n) is 20.1. The summed E-state index contributed by atoms with van der Waals surface area (Å²) >= 11 is 0. The molecule has 5 heteroatoms. The van der Waals surface area contributed by atoms with E-state index in [1.807, 2.05) is 36.4 Å². The molecule has 1 saturated carbocycles. The molecule has 0 radical (unpaired) electrons. The van der Waals surface area contributed by atoms with Gasteiger partial charge < -0.3 is 15.5 Å². The Morgan fingerprint density at radius 1 is 1.03 bits per heavy atom. The summed E-state index contributed by atoms with van der Waals surface area (Å²) in [5, 5.41) is 8.08. The lowest BCUT2D eigenvalue weighted by Gasteiger charge is -2.30. The minimum absolute atomic E-state index is 0.0610. The van der Waals surface area contributed by atoms with Gasteiger partial charge in [-0.1, -0.05) is 55.5 Å². The van der Waals surface area contributed by atoms with Crippen molar-refractivity contribution in [3.63, 3.8) is 0 Å². The molecule has 2 N–H and O–H groups in total. The monoisotopic (exact) mass is 444 g/mol. The molecule has 0 saturated heterocycles. The van der Waals surface area contributed by atoms with E-state index >= 15 is 0 Å². The number of para-hydroxylation sites is 1. The number of rotatable bonds is 8. The van der Waals surface area contributed by atoms with Crippen LogP contribution in [0.2, 0.25) is 0 Å². The first kappa shape index (κ1) is 23.1. The Morgan fingerprint density at radius 2 is 1.73 bits per heavy atom. The van der Waals surface area contributed by atoms with Crippen molar-refractivity contribution >= 4 is 28.3 Å². The summed E-state index contributed by atoms with van der Waals surface area (Å²) in [5.74, 6) is 1.58. The first-order valence-corrected chi connectivity index (χ1v) is 12.2. The van der Waals surface area contributed by atoms with Gasteiger partial charge in [0.25, 0.3) is 0 Å². The Morgan fingerprint density at radius 3 is 2.42 bits per heavy atom. The minimum atomic E-state index is -0.0610. The average molecular weight is 445 g/mol. The van der Waals surface area contributed by atoms with Crippen LogP contribution in [0.3, 0.4) is 0 Å². The summed E-state index contributed by atoms with van der Waals surface area (Å²) in [4.78, 5) is 19.8. The fourth-order valence-corrected chi connectivity index (χ4v) is 4.95. The van der Waals surface area contributed by atoms with Gasteiger partial charge in [0.05, 0.1) is 11.4 Å². The number of aromatic nitrogens is 1. The molecular formula is C28H36N4O. The second-order valence-corrected chi connectivity index (χ2v) is 9.42. The van der Waals surface area contributed by atoms with E-state index in [0.29, 0.717) is 12.0 Å². The van der Waals surface area contributed by atoms with Crippen LogP contribution in [0, 0.1) is 5.92 Å². The lowest BCUT2D eigenvalue weighted by molar-refractivity contribution is -0.122. The maximum atomic E-state index is 12.8. The van der Waals surface area contributed by atoms with E-state index in [9.17, 15) is 4.79 Å². The van der Waals surface area contributed by atoms with Gasteiger partial charge in [0, 0.05) is 43.8 Å². The Balaban J connectivity index is 1.30. The highest BCUT2D eigenvalue weighted by Crippen LogP contribution is 2.30. The highest BCUT2D eigenvalue weighted by Gasteiger charge is 2.24. The molecule has 1 aliphatic rings. The molecule has 3 aromatic rings. The highest BCUT2D eigenvalue weighted by molar-refractivity contribution is 5.93. The Kier molecular flexibility index (Phi) is 7.48. The summed E-state index contributed by atoms with van der Waals surface area (Å²) in [7, 11) is 4.15. The molecule has 33 heavy (non-hydrogen) atoms. The van der Waals surface area contributed by atoms with Gasteiger partial charge in [-0.25, -0.2) is 4.98 Å². The van der Waals surface area contributed by atoms with Crippen LogP contribution in [0.25, 0.3) is 10.9 Å². The predicted molar refractivity (Wildman–Crippen MR) is 138 cm³/mol. The van der Waals surface area contributed by atoms with E-state index in [1.54, 1.807) is 0 Å². The van der Waals surface area contributed by atoms with Crippen molar-refractivity contribution in [1.82, 2.24) is 10.3 Å². The van der Waals surface area contributed by atoms with Crippen LogP contribution in [-0.4, -0.2) is 37.6 Å². The summed E-state index contributed by atoms with van der Waals surface area (Å²) in [6, 6.07) is 21.0.